The second kappa shape index (κ2) is 6.74. The Balaban J connectivity index is 1.80. The van der Waals surface area contributed by atoms with Gasteiger partial charge < -0.3 is 30.1 Å². The lowest BCUT2D eigenvalue weighted by molar-refractivity contribution is -0.150. The number of phenols is 1. The first-order valence-corrected chi connectivity index (χ1v) is 9.82. The van der Waals surface area contributed by atoms with E-state index in [1.54, 1.807) is 19.2 Å². The van der Waals surface area contributed by atoms with Gasteiger partial charge in [-0.1, -0.05) is 13.0 Å². The molecule has 0 unspecified atom stereocenters. The minimum Gasteiger partial charge on any atom is -0.504 e. The van der Waals surface area contributed by atoms with Crippen LogP contribution < -0.4 is 10.1 Å². The standard InChI is InChI=1S/C21H25NO7/c1-3-20-17-11-4-5-12(23)18(17)29-19(20)13(28-16(26)7-6-15(24)25)8-9-21(20,27)14(10-11)22-2/h4-5,8,14,19,22-23,27H,3,6-7,9-10H2,1-2H3,(H,24,25)/t14-,19+,20+,21-/m1/s1. The van der Waals surface area contributed by atoms with Crippen LogP contribution in [-0.4, -0.2) is 52.1 Å². The number of rotatable bonds is 6. The van der Waals surface area contributed by atoms with Crippen molar-refractivity contribution in [3.8, 4) is 11.5 Å². The minimum absolute atomic E-state index is 0.0206. The Kier molecular flexibility index (Phi) is 4.59. The van der Waals surface area contributed by atoms with Crippen LogP contribution in [0.4, 0.5) is 0 Å². The summed E-state index contributed by atoms with van der Waals surface area (Å²) < 4.78 is 11.6. The molecule has 2 aliphatic carbocycles. The molecule has 1 heterocycles. The Labute approximate surface area is 168 Å². The SMILES string of the molecule is CC[C@]12c3c4ccc(O)c3O[C@H]1C(OC(=O)CCC(=O)O)=CC[C@@]2(O)[C@H](NC)C4. The predicted molar refractivity (Wildman–Crippen MR) is 102 cm³/mol. The normalized spacial score (nSPS) is 31.5. The molecule has 0 saturated carbocycles. The number of carbonyl (C=O) groups excluding carboxylic acids is 1. The van der Waals surface area contributed by atoms with Gasteiger partial charge in [0.1, 0.15) is 5.76 Å². The maximum Gasteiger partial charge on any atom is 0.311 e. The van der Waals surface area contributed by atoms with Crippen LogP contribution in [0.1, 0.15) is 43.7 Å². The van der Waals surface area contributed by atoms with Crippen molar-refractivity contribution in [2.24, 2.45) is 0 Å². The second-order valence-electron chi connectivity index (χ2n) is 7.92. The third kappa shape index (κ3) is 2.59. The van der Waals surface area contributed by atoms with Crippen LogP contribution in [0.15, 0.2) is 24.0 Å². The minimum atomic E-state index is -1.20. The number of phenolic OH excluding ortho intramolecular Hbond substituents is 1. The fourth-order valence-corrected chi connectivity index (χ4v) is 5.37. The first kappa shape index (κ1) is 19.7. The van der Waals surface area contributed by atoms with E-state index in [0.29, 0.717) is 18.6 Å². The molecule has 3 aliphatic rings. The number of aliphatic hydroxyl groups is 1. The second-order valence-corrected chi connectivity index (χ2v) is 7.92. The van der Waals surface area contributed by atoms with E-state index >= 15 is 0 Å². The van der Waals surface area contributed by atoms with E-state index in [-0.39, 0.29) is 36.8 Å². The number of aliphatic carboxylic acids is 1. The smallest absolute Gasteiger partial charge is 0.311 e. The molecule has 1 aromatic rings. The van der Waals surface area contributed by atoms with Gasteiger partial charge in [-0.3, -0.25) is 9.59 Å². The van der Waals surface area contributed by atoms with Crippen LogP contribution in [0.3, 0.4) is 0 Å². The molecule has 0 radical (unpaired) electrons. The van der Waals surface area contributed by atoms with Gasteiger partial charge in [0.2, 0.25) is 0 Å². The van der Waals surface area contributed by atoms with Crippen LogP contribution in [0, 0.1) is 0 Å². The molecule has 4 rings (SSSR count). The zero-order valence-corrected chi connectivity index (χ0v) is 16.4. The highest BCUT2D eigenvalue weighted by molar-refractivity contribution is 5.77. The third-order valence-corrected chi connectivity index (χ3v) is 6.68. The molecule has 0 amide bonds. The fraction of sp³-hybridized carbons (Fsp3) is 0.524. The predicted octanol–water partition coefficient (Wildman–Crippen LogP) is 1.37. The van der Waals surface area contributed by atoms with Gasteiger partial charge in [0.25, 0.3) is 0 Å². The Morgan fingerprint density at radius 1 is 1.34 bits per heavy atom. The number of hydrogen-bond donors (Lipinski definition) is 4. The zero-order valence-electron chi connectivity index (χ0n) is 16.4. The molecule has 4 N–H and O–H groups in total. The Bertz CT molecular complexity index is 911. The molecule has 8 heteroatoms. The number of carboxylic acid groups (broad SMARTS) is 1. The van der Waals surface area contributed by atoms with E-state index in [2.05, 4.69) is 5.32 Å². The van der Waals surface area contributed by atoms with Gasteiger partial charge in [0, 0.05) is 18.0 Å². The van der Waals surface area contributed by atoms with Gasteiger partial charge in [-0.15, -0.1) is 0 Å². The van der Waals surface area contributed by atoms with Crippen LogP contribution in [-0.2, 0) is 26.2 Å². The number of esters is 1. The van der Waals surface area contributed by atoms with Crippen molar-refractivity contribution < 1.29 is 34.4 Å². The summed E-state index contributed by atoms with van der Waals surface area (Å²) in [5.74, 6) is -1.20. The van der Waals surface area contributed by atoms with Gasteiger partial charge in [-0.05, 0) is 37.6 Å². The average Bonchev–Trinajstić information content (AvgIpc) is 3.07. The molecule has 8 nitrogen and oxygen atoms in total. The molecule has 0 fully saturated rings. The van der Waals surface area contributed by atoms with Crippen molar-refractivity contribution in [2.45, 2.75) is 62.2 Å². The van der Waals surface area contributed by atoms with Crippen LogP contribution >= 0.6 is 0 Å². The number of benzene rings is 1. The summed E-state index contributed by atoms with van der Waals surface area (Å²) in [7, 11) is 1.80. The van der Waals surface area contributed by atoms with Gasteiger partial charge >= 0.3 is 11.9 Å². The lowest BCUT2D eigenvalue weighted by Crippen LogP contribution is -2.70. The Hall–Kier alpha value is -2.58. The lowest BCUT2D eigenvalue weighted by Gasteiger charge is -2.55. The number of carboxylic acids is 1. The summed E-state index contributed by atoms with van der Waals surface area (Å²) in [6.45, 7) is 1.94. The number of carbonyl (C=O) groups is 2. The molecule has 4 atom stereocenters. The number of hydrogen-bond acceptors (Lipinski definition) is 7. The van der Waals surface area contributed by atoms with Crippen molar-refractivity contribution in [1.82, 2.24) is 5.32 Å². The Morgan fingerprint density at radius 3 is 2.76 bits per heavy atom. The highest BCUT2D eigenvalue weighted by atomic mass is 16.6. The van der Waals surface area contributed by atoms with Crippen LogP contribution in [0.5, 0.6) is 11.5 Å². The van der Waals surface area contributed by atoms with Crippen molar-refractivity contribution in [2.75, 3.05) is 7.05 Å². The highest BCUT2D eigenvalue weighted by Gasteiger charge is 2.69. The van der Waals surface area contributed by atoms with E-state index < -0.39 is 29.1 Å². The zero-order chi connectivity index (χ0) is 21.0. The van der Waals surface area contributed by atoms with E-state index in [9.17, 15) is 19.8 Å². The van der Waals surface area contributed by atoms with Crippen LogP contribution in [0.2, 0.25) is 0 Å². The summed E-state index contributed by atoms with van der Waals surface area (Å²) in [4.78, 5) is 22.9. The van der Waals surface area contributed by atoms with Crippen molar-refractivity contribution >= 4 is 11.9 Å². The fourth-order valence-electron chi connectivity index (χ4n) is 5.37. The highest BCUT2D eigenvalue weighted by Crippen LogP contribution is 2.63. The monoisotopic (exact) mass is 403 g/mol. The van der Waals surface area contributed by atoms with E-state index in [0.717, 1.165) is 11.1 Å². The summed E-state index contributed by atoms with van der Waals surface area (Å²) >= 11 is 0. The molecule has 1 aromatic carbocycles. The lowest BCUT2D eigenvalue weighted by atomic mass is 9.52. The van der Waals surface area contributed by atoms with Gasteiger partial charge in [-0.25, -0.2) is 0 Å². The van der Waals surface area contributed by atoms with Crippen molar-refractivity contribution in [1.29, 1.82) is 0 Å². The summed E-state index contributed by atoms with van der Waals surface area (Å²) in [5.41, 5.74) is -0.361. The summed E-state index contributed by atoms with van der Waals surface area (Å²) in [5, 5.41) is 34.3. The van der Waals surface area contributed by atoms with Crippen molar-refractivity contribution in [3.05, 3.63) is 35.1 Å². The third-order valence-electron chi connectivity index (χ3n) is 6.68. The number of aromatic hydroxyl groups is 1. The number of ether oxygens (including phenoxy) is 2. The molecule has 156 valence electrons. The van der Waals surface area contributed by atoms with E-state index in [1.807, 2.05) is 13.0 Å². The topological polar surface area (TPSA) is 125 Å². The first-order valence-electron chi connectivity index (χ1n) is 9.82. The Morgan fingerprint density at radius 2 is 2.10 bits per heavy atom. The maximum absolute atomic E-state index is 12.2. The molecule has 0 aromatic heterocycles. The van der Waals surface area contributed by atoms with E-state index in [1.165, 1.54) is 0 Å². The number of nitrogens with one attached hydrogen (secondary N) is 1. The molecule has 0 bridgehead atoms. The van der Waals surface area contributed by atoms with Gasteiger partial charge in [0.15, 0.2) is 17.6 Å². The molecule has 29 heavy (non-hydrogen) atoms. The molecular formula is C21H25NO7. The van der Waals surface area contributed by atoms with Gasteiger partial charge in [-0.2, -0.15) is 0 Å². The molecule has 0 saturated heterocycles. The van der Waals surface area contributed by atoms with Crippen molar-refractivity contribution in [3.63, 3.8) is 0 Å². The largest absolute Gasteiger partial charge is 0.504 e. The average molecular weight is 403 g/mol. The summed E-state index contributed by atoms with van der Waals surface area (Å²) in [6, 6.07) is 3.17. The molecular weight excluding hydrogens is 378 g/mol. The number of likely N-dealkylation sites (N-methyl/N-ethyl adjacent to an activating group) is 1. The van der Waals surface area contributed by atoms with Crippen LogP contribution in [0.25, 0.3) is 0 Å². The van der Waals surface area contributed by atoms with E-state index in [4.69, 9.17) is 14.6 Å². The quantitative estimate of drug-likeness (QED) is 0.525. The maximum atomic E-state index is 12.2. The first-order chi connectivity index (χ1) is 13.8. The molecule has 1 aliphatic heterocycles. The van der Waals surface area contributed by atoms with Gasteiger partial charge in [0.05, 0.1) is 23.9 Å². The molecule has 0 spiro atoms. The summed E-state index contributed by atoms with van der Waals surface area (Å²) in [6.07, 6.45) is 1.59.